The molecule has 0 radical (unpaired) electrons. The molecular formula is C50H42Br2IN3. The molecule has 6 aromatic carbocycles. The van der Waals surface area contributed by atoms with Crippen LogP contribution in [0.3, 0.4) is 0 Å². The van der Waals surface area contributed by atoms with E-state index in [2.05, 4.69) is 210 Å². The van der Waals surface area contributed by atoms with Gasteiger partial charge in [-0.1, -0.05) is 136 Å². The van der Waals surface area contributed by atoms with Crippen LogP contribution in [0.5, 0.6) is 0 Å². The zero-order valence-corrected chi connectivity index (χ0v) is 35.7. The third-order valence-electron chi connectivity index (χ3n) is 10.1. The van der Waals surface area contributed by atoms with Crippen LogP contribution in [0.1, 0.15) is 31.1 Å². The molecule has 0 saturated heterocycles. The van der Waals surface area contributed by atoms with Gasteiger partial charge in [0.2, 0.25) is 0 Å². The van der Waals surface area contributed by atoms with Gasteiger partial charge in [0, 0.05) is 53.9 Å². The predicted molar refractivity (Wildman–Crippen MR) is 255 cm³/mol. The Bertz CT molecular complexity index is 2710. The molecule has 3 nitrogen and oxygen atoms in total. The summed E-state index contributed by atoms with van der Waals surface area (Å²) in [6.45, 7) is 4.23. The quantitative estimate of drug-likeness (QED) is 0.165. The molecule has 0 unspecified atom stereocenters. The summed E-state index contributed by atoms with van der Waals surface area (Å²) in [6.07, 6.45) is 4.77. The van der Waals surface area contributed by atoms with Gasteiger partial charge in [0.15, 0.2) is 0 Å². The van der Waals surface area contributed by atoms with E-state index in [1.54, 1.807) is 0 Å². The normalized spacial score (nSPS) is 11.1. The summed E-state index contributed by atoms with van der Waals surface area (Å²) in [6, 6.07) is 55.2. The maximum Gasteiger partial charge on any atom is 0.0705 e. The zero-order chi connectivity index (χ0) is 37.9. The molecule has 0 spiro atoms. The Morgan fingerprint density at radius 1 is 0.518 bits per heavy atom. The summed E-state index contributed by atoms with van der Waals surface area (Å²) in [4.78, 5) is 8.94. The lowest BCUT2D eigenvalue weighted by atomic mass is 10.0. The topological polar surface area (TPSA) is 30.7 Å². The number of hydrogen-bond acceptors (Lipinski definition) is 2. The first-order valence-electron chi connectivity index (χ1n) is 18.1. The van der Waals surface area contributed by atoms with E-state index in [0.29, 0.717) is 0 Å². The first kappa shape index (κ1) is 39.3. The van der Waals surface area contributed by atoms with Gasteiger partial charge in [-0.2, -0.15) is 0 Å². The Morgan fingerprint density at radius 3 is 1.48 bits per heavy atom. The summed E-state index contributed by atoms with van der Waals surface area (Å²) < 4.78 is 5.77. The van der Waals surface area contributed by atoms with Crippen molar-refractivity contribution in [1.29, 1.82) is 0 Å². The molecule has 0 fully saturated rings. The molecule has 3 heterocycles. The third-order valence-corrected chi connectivity index (χ3v) is 12.3. The standard InChI is InChI=1S/C24H17BrN2.C13H10.C12H9BrIN.CH4.H2/c1-16-20(22-10-6-7-13-26-22)14-17(15-21(16)25)27-23-11-4-2-8-18(23)19-9-3-5-12-24(19)27;1-3-7-12-10(5-1)9-11-6-2-4-8-13(11)12;1-8-10(6-9(14)7-11(8)13)12-4-2-3-5-15-12;;/h2-15H,1H3;1-8H,9H2;2-7H,1H3;1H4;1H/i;;;;1+1. The molecule has 0 saturated carbocycles. The molecule has 0 aliphatic heterocycles. The second kappa shape index (κ2) is 17.5. The van der Waals surface area contributed by atoms with E-state index >= 15 is 0 Å². The van der Waals surface area contributed by atoms with Crippen LogP contribution in [0.15, 0.2) is 179 Å². The van der Waals surface area contributed by atoms with E-state index in [0.717, 1.165) is 38.0 Å². The lowest BCUT2D eigenvalue weighted by Crippen LogP contribution is -1.97. The number of aromatic nitrogens is 3. The average Bonchev–Trinajstić information content (AvgIpc) is 3.77. The predicted octanol–water partition coefficient (Wildman–Crippen LogP) is 15.5. The molecular weight excluding hydrogens is 929 g/mol. The van der Waals surface area contributed by atoms with Crippen LogP contribution >= 0.6 is 54.5 Å². The molecule has 1 aliphatic carbocycles. The fraction of sp³-hybridized carbons (Fsp3) is 0.0800. The van der Waals surface area contributed by atoms with E-state index < -0.39 is 0 Å². The molecule has 278 valence electrons. The second-order valence-electron chi connectivity index (χ2n) is 13.5. The van der Waals surface area contributed by atoms with Gasteiger partial charge in [-0.15, -0.1) is 0 Å². The lowest BCUT2D eigenvalue weighted by molar-refractivity contribution is 1.17. The van der Waals surface area contributed by atoms with Crippen molar-refractivity contribution < 1.29 is 1.43 Å². The molecule has 10 rings (SSSR count). The van der Waals surface area contributed by atoms with Gasteiger partial charge in [-0.05, 0) is 137 Å². The Morgan fingerprint density at radius 2 is 0.964 bits per heavy atom. The summed E-state index contributed by atoms with van der Waals surface area (Å²) in [5.74, 6) is 0. The maximum atomic E-state index is 4.57. The molecule has 9 aromatic rings. The summed E-state index contributed by atoms with van der Waals surface area (Å²) >= 11 is 9.65. The fourth-order valence-corrected chi connectivity index (χ4v) is 9.26. The number of rotatable bonds is 3. The SMILES string of the molecule is C.Cc1c(Br)cc(-n2c3ccccc3c3ccccc32)cc1-c1ccccn1.Cc1c(Br)cc(I)cc1-c1ccccn1.[2HH].c1ccc2c(c1)Cc1ccccc1-2. The van der Waals surface area contributed by atoms with Crippen molar-refractivity contribution in [1.82, 2.24) is 14.5 Å². The Hall–Kier alpha value is -4.89. The minimum atomic E-state index is 0. The largest absolute Gasteiger partial charge is 0.309 e. The first-order chi connectivity index (χ1) is 26.9. The Kier molecular flexibility index (Phi) is 12.3. The number of fused-ring (bicyclic) bond motifs is 6. The van der Waals surface area contributed by atoms with Crippen molar-refractivity contribution in [3.05, 3.63) is 205 Å². The van der Waals surface area contributed by atoms with E-state index in [9.17, 15) is 0 Å². The van der Waals surface area contributed by atoms with Crippen LogP contribution in [0.4, 0.5) is 0 Å². The number of pyridine rings is 2. The van der Waals surface area contributed by atoms with Crippen LogP contribution < -0.4 is 0 Å². The smallest absolute Gasteiger partial charge is 0.0705 e. The van der Waals surface area contributed by atoms with Gasteiger partial charge in [0.1, 0.15) is 0 Å². The van der Waals surface area contributed by atoms with Gasteiger partial charge >= 0.3 is 0 Å². The lowest BCUT2D eigenvalue weighted by Gasteiger charge is -2.14. The average molecular weight is 973 g/mol. The van der Waals surface area contributed by atoms with Crippen molar-refractivity contribution >= 4 is 76.3 Å². The minimum Gasteiger partial charge on any atom is -0.309 e. The van der Waals surface area contributed by atoms with E-state index in [-0.39, 0.29) is 8.85 Å². The van der Waals surface area contributed by atoms with Crippen LogP contribution in [0.25, 0.3) is 61.1 Å². The Balaban J connectivity index is 0.000000155. The maximum absolute atomic E-state index is 4.57. The number of nitrogens with zero attached hydrogens (tertiary/aromatic N) is 3. The van der Waals surface area contributed by atoms with Crippen LogP contribution in [0.2, 0.25) is 0 Å². The van der Waals surface area contributed by atoms with Crippen LogP contribution in [0, 0.1) is 17.4 Å². The number of para-hydroxylation sites is 2. The van der Waals surface area contributed by atoms with Gasteiger partial charge in [-0.25, -0.2) is 0 Å². The second-order valence-corrected chi connectivity index (χ2v) is 16.4. The van der Waals surface area contributed by atoms with Crippen molar-refractivity contribution in [2.45, 2.75) is 27.7 Å². The van der Waals surface area contributed by atoms with Gasteiger partial charge in [0.25, 0.3) is 0 Å². The number of hydrogen-bond donors (Lipinski definition) is 0. The first-order valence-corrected chi connectivity index (χ1v) is 20.8. The summed E-state index contributed by atoms with van der Waals surface area (Å²) in [7, 11) is 0. The molecule has 56 heavy (non-hydrogen) atoms. The van der Waals surface area contributed by atoms with Gasteiger partial charge < -0.3 is 4.57 Å². The van der Waals surface area contributed by atoms with Gasteiger partial charge in [-0.3, -0.25) is 9.97 Å². The molecule has 1 aliphatic rings. The summed E-state index contributed by atoms with van der Waals surface area (Å²) in [5, 5.41) is 2.54. The Labute approximate surface area is 361 Å². The van der Waals surface area contributed by atoms with Crippen molar-refractivity contribution in [2.24, 2.45) is 0 Å². The highest BCUT2D eigenvalue weighted by molar-refractivity contribution is 14.1. The van der Waals surface area contributed by atoms with Crippen molar-refractivity contribution in [2.75, 3.05) is 0 Å². The third kappa shape index (κ3) is 8.01. The van der Waals surface area contributed by atoms with Crippen molar-refractivity contribution in [3.8, 4) is 39.3 Å². The molecule has 3 aromatic heterocycles. The van der Waals surface area contributed by atoms with E-state index in [4.69, 9.17) is 0 Å². The van der Waals surface area contributed by atoms with Crippen LogP contribution in [-0.4, -0.2) is 14.5 Å². The van der Waals surface area contributed by atoms with E-state index in [1.165, 1.54) is 64.3 Å². The van der Waals surface area contributed by atoms with E-state index in [1.807, 2.05) is 42.7 Å². The molecule has 6 heteroatoms. The molecule has 0 bridgehead atoms. The summed E-state index contributed by atoms with van der Waals surface area (Å²) in [5.41, 5.74) is 16.1. The number of benzene rings is 6. The van der Waals surface area contributed by atoms with Gasteiger partial charge in [0.05, 0.1) is 22.4 Å². The molecule has 0 atom stereocenters. The highest BCUT2D eigenvalue weighted by Crippen LogP contribution is 2.37. The zero-order valence-electron chi connectivity index (χ0n) is 30.3. The van der Waals surface area contributed by atoms with Crippen LogP contribution in [-0.2, 0) is 6.42 Å². The highest BCUT2D eigenvalue weighted by atomic mass is 127. The molecule has 0 amide bonds. The highest BCUT2D eigenvalue weighted by Gasteiger charge is 2.17. The molecule has 0 N–H and O–H groups in total. The monoisotopic (exact) mass is 970 g/mol. The minimum absolute atomic E-state index is 0. The fourth-order valence-electron chi connectivity index (χ4n) is 7.30. The number of halogens is 3. The van der Waals surface area contributed by atoms with Crippen molar-refractivity contribution in [3.63, 3.8) is 0 Å².